The SMILES string of the molecule is CCC1O[C@@H](C(C)C)[C@@H](C)C(C)[C@@H]1C. The van der Waals surface area contributed by atoms with Crippen molar-refractivity contribution in [2.75, 3.05) is 0 Å². The lowest BCUT2D eigenvalue weighted by Crippen LogP contribution is -2.46. The molecule has 1 saturated heterocycles. The first kappa shape index (κ1) is 12.0. The molecule has 1 aliphatic heterocycles. The molecule has 84 valence electrons. The van der Waals surface area contributed by atoms with Gasteiger partial charge >= 0.3 is 0 Å². The zero-order valence-corrected chi connectivity index (χ0v) is 10.6. The van der Waals surface area contributed by atoms with Crippen molar-refractivity contribution in [3.05, 3.63) is 0 Å². The van der Waals surface area contributed by atoms with Crippen LogP contribution in [0.3, 0.4) is 0 Å². The lowest BCUT2D eigenvalue weighted by atomic mass is 9.73. The molecule has 14 heavy (non-hydrogen) atoms. The molecule has 5 atom stereocenters. The summed E-state index contributed by atoms with van der Waals surface area (Å²) in [5.74, 6) is 2.85. The topological polar surface area (TPSA) is 9.23 Å². The molecule has 1 nitrogen and oxygen atoms in total. The van der Waals surface area contributed by atoms with Gasteiger partial charge in [-0.1, -0.05) is 41.5 Å². The molecule has 1 aliphatic rings. The molecule has 1 heteroatoms. The number of ether oxygens (including phenoxy) is 1. The summed E-state index contributed by atoms with van der Waals surface area (Å²) in [5.41, 5.74) is 0. The molecule has 0 saturated carbocycles. The average Bonchev–Trinajstić information content (AvgIpc) is 2.14. The zero-order valence-electron chi connectivity index (χ0n) is 10.6. The van der Waals surface area contributed by atoms with E-state index in [0.29, 0.717) is 30.0 Å². The predicted octanol–water partition coefficient (Wildman–Crippen LogP) is 3.73. The fourth-order valence-electron chi connectivity index (χ4n) is 2.80. The molecule has 0 bridgehead atoms. The Morgan fingerprint density at radius 3 is 2.00 bits per heavy atom. The Labute approximate surface area is 89.2 Å². The standard InChI is InChI=1S/C13H26O/c1-7-12-10(5)9(4)11(6)13(14-12)8(2)3/h8-13H,7H2,1-6H3/t9?,10-,11-,12?,13-/m0/s1. The molecule has 0 aromatic heterocycles. The molecular formula is C13H26O. The van der Waals surface area contributed by atoms with Crippen LogP contribution in [0.2, 0.25) is 0 Å². The Kier molecular flexibility index (Phi) is 4.00. The summed E-state index contributed by atoms with van der Waals surface area (Å²) in [5, 5.41) is 0. The monoisotopic (exact) mass is 198 g/mol. The first-order valence-corrected chi connectivity index (χ1v) is 6.14. The van der Waals surface area contributed by atoms with Crippen LogP contribution in [0.25, 0.3) is 0 Å². The molecule has 0 N–H and O–H groups in total. The second-order valence-corrected chi connectivity index (χ2v) is 5.37. The van der Waals surface area contributed by atoms with Crippen molar-refractivity contribution in [2.24, 2.45) is 23.7 Å². The van der Waals surface area contributed by atoms with Gasteiger partial charge in [-0.2, -0.15) is 0 Å². The summed E-state index contributed by atoms with van der Waals surface area (Å²) in [6.07, 6.45) is 2.10. The summed E-state index contributed by atoms with van der Waals surface area (Å²) < 4.78 is 6.19. The van der Waals surface area contributed by atoms with Gasteiger partial charge in [0.15, 0.2) is 0 Å². The molecule has 0 radical (unpaired) electrons. The highest BCUT2D eigenvalue weighted by atomic mass is 16.5. The fourth-order valence-corrected chi connectivity index (χ4v) is 2.80. The molecule has 1 fully saturated rings. The maximum atomic E-state index is 6.19. The van der Waals surface area contributed by atoms with E-state index in [4.69, 9.17) is 4.74 Å². The van der Waals surface area contributed by atoms with Crippen molar-refractivity contribution in [3.63, 3.8) is 0 Å². The first-order valence-electron chi connectivity index (χ1n) is 6.14. The molecule has 0 spiro atoms. The van der Waals surface area contributed by atoms with E-state index in [1.165, 1.54) is 0 Å². The molecule has 2 unspecified atom stereocenters. The fraction of sp³-hybridized carbons (Fsp3) is 1.00. The van der Waals surface area contributed by atoms with Crippen LogP contribution in [0.5, 0.6) is 0 Å². The van der Waals surface area contributed by atoms with E-state index in [-0.39, 0.29) is 0 Å². The van der Waals surface area contributed by atoms with E-state index < -0.39 is 0 Å². The smallest absolute Gasteiger partial charge is 0.0630 e. The Bertz CT molecular complexity index is 174. The quantitative estimate of drug-likeness (QED) is 0.657. The summed E-state index contributed by atoms with van der Waals surface area (Å²) in [6.45, 7) is 13.9. The highest BCUT2D eigenvalue weighted by Crippen LogP contribution is 2.38. The van der Waals surface area contributed by atoms with Crippen molar-refractivity contribution in [1.29, 1.82) is 0 Å². The number of rotatable bonds is 2. The van der Waals surface area contributed by atoms with Crippen LogP contribution < -0.4 is 0 Å². The second-order valence-electron chi connectivity index (χ2n) is 5.37. The zero-order chi connectivity index (χ0) is 10.9. The van der Waals surface area contributed by atoms with E-state index in [9.17, 15) is 0 Å². The van der Waals surface area contributed by atoms with E-state index in [1.807, 2.05) is 0 Å². The minimum atomic E-state index is 0.464. The van der Waals surface area contributed by atoms with Gasteiger partial charge < -0.3 is 4.74 Å². The lowest BCUT2D eigenvalue weighted by Gasteiger charge is -2.45. The van der Waals surface area contributed by atoms with Crippen LogP contribution in [0.1, 0.15) is 48.0 Å². The predicted molar refractivity (Wildman–Crippen MR) is 61.3 cm³/mol. The van der Waals surface area contributed by atoms with Crippen molar-refractivity contribution < 1.29 is 4.74 Å². The third kappa shape index (κ3) is 2.13. The van der Waals surface area contributed by atoms with Gasteiger partial charge in [-0.25, -0.2) is 0 Å². The van der Waals surface area contributed by atoms with E-state index >= 15 is 0 Å². The summed E-state index contributed by atoms with van der Waals surface area (Å²) in [4.78, 5) is 0. The van der Waals surface area contributed by atoms with Crippen LogP contribution in [-0.4, -0.2) is 12.2 Å². The summed E-state index contributed by atoms with van der Waals surface area (Å²) >= 11 is 0. The largest absolute Gasteiger partial charge is 0.374 e. The normalized spacial score (nSPS) is 44.4. The molecule has 0 amide bonds. The van der Waals surface area contributed by atoms with Gasteiger partial charge in [-0.05, 0) is 30.1 Å². The highest BCUT2D eigenvalue weighted by molar-refractivity contribution is 4.86. The lowest BCUT2D eigenvalue weighted by molar-refractivity contribution is -0.149. The third-order valence-corrected chi connectivity index (χ3v) is 4.15. The van der Waals surface area contributed by atoms with Crippen LogP contribution in [0, 0.1) is 23.7 Å². The van der Waals surface area contributed by atoms with Crippen molar-refractivity contribution >= 4 is 0 Å². The molecular weight excluding hydrogens is 172 g/mol. The Morgan fingerprint density at radius 1 is 1.00 bits per heavy atom. The minimum absolute atomic E-state index is 0.464. The summed E-state index contributed by atoms with van der Waals surface area (Å²) in [7, 11) is 0. The van der Waals surface area contributed by atoms with Crippen molar-refractivity contribution in [2.45, 2.75) is 60.2 Å². The van der Waals surface area contributed by atoms with E-state index in [0.717, 1.165) is 12.3 Å². The molecule has 1 heterocycles. The van der Waals surface area contributed by atoms with Gasteiger partial charge in [-0.15, -0.1) is 0 Å². The number of hydrogen-bond donors (Lipinski definition) is 0. The van der Waals surface area contributed by atoms with Crippen LogP contribution in [-0.2, 0) is 4.74 Å². The van der Waals surface area contributed by atoms with Gasteiger partial charge in [0.05, 0.1) is 12.2 Å². The Balaban J connectivity index is 2.73. The average molecular weight is 198 g/mol. The van der Waals surface area contributed by atoms with Gasteiger partial charge in [0.2, 0.25) is 0 Å². The Morgan fingerprint density at radius 2 is 1.57 bits per heavy atom. The molecule has 0 aromatic carbocycles. The van der Waals surface area contributed by atoms with Gasteiger partial charge in [0, 0.05) is 0 Å². The van der Waals surface area contributed by atoms with Crippen LogP contribution in [0.15, 0.2) is 0 Å². The maximum Gasteiger partial charge on any atom is 0.0630 e. The first-order chi connectivity index (χ1) is 6.49. The van der Waals surface area contributed by atoms with Gasteiger partial charge in [0.25, 0.3) is 0 Å². The number of hydrogen-bond acceptors (Lipinski definition) is 1. The highest BCUT2D eigenvalue weighted by Gasteiger charge is 2.39. The second kappa shape index (κ2) is 4.65. The Hall–Kier alpha value is -0.0400. The molecule has 1 rings (SSSR count). The minimum Gasteiger partial charge on any atom is -0.374 e. The third-order valence-electron chi connectivity index (χ3n) is 4.15. The molecule has 0 aromatic rings. The van der Waals surface area contributed by atoms with Crippen LogP contribution in [0.4, 0.5) is 0 Å². The molecule has 0 aliphatic carbocycles. The van der Waals surface area contributed by atoms with E-state index in [2.05, 4.69) is 41.5 Å². The summed E-state index contributed by atoms with van der Waals surface area (Å²) in [6, 6.07) is 0. The van der Waals surface area contributed by atoms with Crippen LogP contribution >= 0.6 is 0 Å². The van der Waals surface area contributed by atoms with Crippen molar-refractivity contribution in [1.82, 2.24) is 0 Å². The van der Waals surface area contributed by atoms with Gasteiger partial charge in [0.1, 0.15) is 0 Å². The van der Waals surface area contributed by atoms with E-state index in [1.54, 1.807) is 0 Å². The van der Waals surface area contributed by atoms with Gasteiger partial charge in [-0.3, -0.25) is 0 Å². The maximum absolute atomic E-state index is 6.19. The van der Waals surface area contributed by atoms with Crippen molar-refractivity contribution in [3.8, 4) is 0 Å².